The van der Waals surface area contributed by atoms with Gasteiger partial charge in [-0.1, -0.05) is 11.6 Å². The zero-order valence-corrected chi connectivity index (χ0v) is 16.9. The van der Waals surface area contributed by atoms with Crippen molar-refractivity contribution in [2.75, 3.05) is 6.54 Å². The molecule has 6 nitrogen and oxygen atoms in total. The number of rotatable bonds is 3. The Balaban J connectivity index is 1.61. The van der Waals surface area contributed by atoms with Crippen LogP contribution in [0.3, 0.4) is 0 Å². The molecule has 0 spiro atoms. The molecule has 2 fully saturated rings. The van der Waals surface area contributed by atoms with Crippen LogP contribution < -0.4 is 4.74 Å². The predicted molar refractivity (Wildman–Crippen MR) is 103 cm³/mol. The Morgan fingerprint density at radius 1 is 1.32 bits per heavy atom. The lowest BCUT2D eigenvalue weighted by molar-refractivity contribution is -0.193. The SMILES string of the molecule is CC1(C)Oc2ccc(Cl)cc2[C@H]2O[C@H]3CCCN(C(=O)CCC(=O)O)[C@H]3C[C@@H]21. The first kappa shape index (κ1) is 19.5. The van der Waals surface area contributed by atoms with Crippen LogP contribution in [0.25, 0.3) is 0 Å². The van der Waals surface area contributed by atoms with Crippen LogP contribution in [0.4, 0.5) is 0 Å². The highest BCUT2D eigenvalue weighted by Gasteiger charge is 2.52. The maximum Gasteiger partial charge on any atom is 0.303 e. The number of carbonyl (C=O) groups is 2. The van der Waals surface area contributed by atoms with Gasteiger partial charge in [0.15, 0.2) is 0 Å². The third-order valence-electron chi connectivity index (χ3n) is 6.32. The summed E-state index contributed by atoms with van der Waals surface area (Å²) in [6.45, 7) is 4.78. The number of halogens is 1. The number of aliphatic carboxylic acids is 1. The topological polar surface area (TPSA) is 76.1 Å². The number of carboxylic acids is 1. The van der Waals surface area contributed by atoms with Crippen molar-refractivity contribution in [2.45, 2.75) is 69.8 Å². The van der Waals surface area contributed by atoms with Crippen molar-refractivity contribution in [3.8, 4) is 5.75 Å². The average Bonchev–Trinajstić information content (AvgIpc) is 2.65. The summed E-state index contributed by atoms with van der Waals surface area (Å²) < 4.78 is 12.8. The molecule has 0 radical (unpaired) electrons. The number of likely N-dealkylation sites (tertiary alicyclic amines) is 1. The molecule has 4 rings (SSSR count). The van der Waals surface area contributed by atoms with Crippen molar-refractivity contribution < 1.29 is 24.2 Å². The molecule has 0 bridgehead atoms. The standard InChI is InChI=1S/C21H26ClNO5/c1-21(2)14-11-15-17(4-3-9-23(15)18(24)7-8-19(25)26)27-20(14)13-10-12(22)5-6-16(13)28-21/h5-6,10,14-15,17,20H,3-4,7-9,11H2,1-2H3,(H,25,26)/t14-,15-,17-,20+/m0/s1. The Hall–Kier alpha value is -1.79. The summed E-state index contributed by atoms with van der Waals surface area (Å²) in [5.41, 5.74) is 0.536. The molecule has 3 aliphatic heterocycles. The number of carboxylic acid groups (broad SMARTS) is 1. The first-order chi connectivity index (χ1) is 13.3. The monoisotopic (exact) mass is 407 g/mol. The van der Waals surface area contributed by atoms with Crippen molar-refractivity contribution in [1.82, 2.24) is 4.90 Å². The molecule has 0 unspecified atom stereocenters. The first-order valence-electron chi connectivity index (χ1n) is 9.91. The summed E-state index contributed by atoms with van der Waals surface area (Å²) >= 11 is 6.23. The van der Waals surface area contributed by atoms with Crippen LogP contribution in [0.5, 0.6) is 5.75 Å². The van der Waals surface area contributed by atoms with Crippen LogP contribution in [0.1, 0.15) is 57.6 Å². The van der Waals surface area contributed by atoms with Gasteiger partial charge in [0.2, 0.25) is 5.91 Å². The van der Waals surface area contributed by atoms with Gasteiger partial charge in [-0.2, -0.15) is 0 Å². The smallest absolute Gasteiger partial charge is 0.303 e. The Morgan fingerprint density at radius 3 is 2.86 bits per heavy atom. The summed E-state index contributed by atoms with van der Waals surface area (Å²) in [6.07, 6.45) is 2.25. The number of nitrogens with zero attached hydrogens (tertiary/aromatic N) is 1. The Kier molecular flexibility index (Phi) is 5.04. The van der Waals surface area contributed by atoms with Gasteiger partial charge in [-0.3, -0.25) is 9.59 Å². The molecule has 0 saturated carbocycles. The maximum absolute atomic E-state index is 12.7. The minimum Gasteiger partial charge on any atom is -0.487 e. The second-order valence-corrected chi connectivity index (χ2v) is 8.95. The zero-order chi connectivity index (χ0) is 20.1. The Labute approximate surface area is 169 Å². The van der Waals surface area contributed by atoms with Gasteiger partial charge >= 0.3 is 5.97 Å². The Bertz CT molecular complexity index is 795. The van der Waals surface area contributed by atoms with Gasteiger partial charge in [0, 0.05) is 29.5 Å². The van der Waals surface area contributed by atoms with Gasteiger partial charge in [-0.15, -0.1) is 0 Å². The second kappa shape index (κ2) is 7.23. The zero-order valence-electron chi connectivity index (χ0n) is 16.2. The van der Waals surface area contributed by atoms with Crippen molar-refractivity contribution in [2.24, 2.45) is 5.92 Å². The molecule has 0 aliphatic carbocycles. The van der Waals surface area contributed by atoms with Gasteiger partial charge < -0.3 is 19.5 Å². The average molecular weight is 408 g/mol. The number of benzene rings is 1. The fourth-order valence-electron chi connectivity index (χ4n) is 4.93. The first-order valence-corrected chi connectivity index (χ1v) is 10.3. The number of fused-ring (bicyclic) bond motifs is 4. The van der Waals surface area contributed by atoms with Crippen LogP contribution >= 0.6 is 11.6 Å². The van der Waals surface area contributed by atoms with E-state index in [1.54, 1.807) is 0 Å². The summed E-state index contributed by atoms with van der Waals surface area (Å²) in [5, 5.41) is 9.56. The quantitative estimate of drug-likeness (QED) is 0.824. The van der Waals surface area contributed by atoms with E-state index < -0.39 is 11.6 Å². The van der Waals surface area contributed by atoms with E-state index in [4.69, 9.17) is 26.2 Å². The molecule has 152 valence electrons. The van der Waals surface area contributed by atoms with Gasteiger partial charge in [-0.05, 0) is 51.3 Å². The summed E-state index contributed by atoms with van der Waals surface area (Å²) in [5.74, 6) is -0.166. The molecule has 1 aromatic rings. The molecular weight excluding hydrogens is 382 g/mol. The molecule has 28 heavy (non-hydrogen) atoms. The van der Waals surface area contributed by atoms with Crippen molar-refractivity contribution >= 4 is 23.5 Å². The fourth-order valence-corrected chi connectivity index (χ4v) is 5.11. The highest BCUT2D eigenvalue weighted by atomic mass is 35.5. The largest absolute Gasteiger partial charge is 0.487 e. The molecule has 1 amide bonds. The molecular formula is C21H26ClNO5. The molecule has 1 aromatic carbocycles. The van der Waals surface area contributed by atoms with Gasteiger partial charge in [-0.25, -0.2) is 0 Å². The molecule has 4 atom stereocenters. The van der Waals surface area contributed by atoms with Crippen LogP contribution in [0, 0.1) is 5.92 Å². The van der Waals surface area contributed by atoms with Gasteiger partial charge in [0.25, 0.3) is 0 Å². The lowest BCUT2D eigenvalue weighted by Gasteiger charge is -2.54. The normalized spacial score (nSPS) is 30.5. The molecule has 3 heterocycles. The van der Waals surface area contributed by atoms with Crippen molar-refractivity contribution in [3.63, 3.8) is 0 Å². The van der Waals surface area contributed by atoms with Gasteiger partial charge in [0.05, 0.1) is 24.7 Å². The van der Waals surface area contributed by atoms with E-state index in [0.717, 1.165) is 30.6 Å². The van der Waals surface area contributed by atoms with Crippen LogP contribution in [-0.2, 0) is 14.3 Å². The van der Waals surface area contributed by atoms with Crippen LogP contribution in [-0.4, -0.2) is 46.2 Å². The summed E-state index contributed by atoms with van der Waals surface area (Å²) in [4.78, 5) is 25.4. The van der Waals surface area contributed by atoms with Gasteiger partial charge in [0.1, 0.15) is 11.4 Å². The highest BCUT2D eigenvalue weighted by molar-refractivity contribution is 6.30. The fraction of sp³-hybridized carbons (Fsp3) is 0.619. The Morgan fingerprint density at radius 2 is 2.11 bits per heavy atom. The molecule has 0 aromatic heterocycles. The number of hydrogen-bond acceptors (Lipinski definition) is 4. The van der Waals surface area contributed by atoms with E-state index in [2.05, 4.69) is 13.8 Å². The van der Waals surface area contributed by atoms with E-state index in [-0.39, 0.29) is 42.9 Å². The van der Waals surface area contributed by atoms with E-state index in [0.29, 0.717) is 11.6 Å². The lowest BCUT2D eigenvalue weighted by Crippen LogP contribution is -2.60. The van der Waals surface area contributed by atoms with E-state index in [9.17, 15) is 9.59 Å². The number of amides is 1. The third kappa shape index (κ3) is 3.48. The number of carbonyl (C=O) groups excluding carboxylic acids is 1. The summed E-state index contributed by atoms with van der Waals surface area (Å²) in [7, 11) is 0. The highest BCUT2D eigenvalue weighted by Crippen LogP contribution is 2.52. The molecule has 3 aliphatic rings. The lowest BCUT2D eigenvalue weighted by atomic mass is 9.72. The number of hydrogen-bond donors (Lipinski definition) is 1. The predicted octanol–water partition coefficient (Wildman–Crippen LogP) is 3.81. The molecule has 7 heteroatoms. The summed E-state index contributed by atoms with van der Waals surface area (Å²) in [6, 6.07) is 5.60. The minimum atomic E-state index is -0.947. The molecule has 2 saturated heterocycles. The number of piperidine rings is 1. The molecule has 1 N–H and O–H groups in total. The minimum absolute atomic E-state index is 0.0327. The second-order valence-electron chi connectivity index (χ2n) is 8.52. The van der Waals surface area contributed by atoms with E-state index in [1.807, 2.05) is 23.1 Å². The van der Waals surface area contributed by atoms with Crippen molar-refractivity contribution in [3.05, 3.63) is 28.8 Å². The number of ether oxygens (including phenoxy) is 2. The van der Waals surface area contributed by atoms with Crippen LogP contribution in [0.2, 0.25) is 5.02 Å². The van der Waals surface area contributed by atoms with E-state index >= 15 is 0 Å². The van der Waals surface area contributed by atoms with E-state index in [1.165, 1.54) is 0 Å². The third-order valence-corrected chi connectivity index (χ3v) is 6.55. The maximum atomic E-state index is 12.7. The van der Waals surface area contributed by atoms with Crippen molar-refractivity contribution in [1.29, 1.82) is 0 Å². The van der Waals surface area contributed by atoms with Crippen LogP contribution in [0.15, 0.2) is 18.2 Å².